The molecule has 0 aliphatic carbocycles. The lowest BCUT2D eigenvalue weighted by Gasteiger charge is -2.38. The zero-order chi connectivity index (χ0) is 17.8. The molecule has 0 unspecified atom stereocenters. The summed E-state index contributed by atoms with van der Waals surface area (Å²) in [6.07, 6.45) is 0. The summed E-state index contributed by atoms with van der Waals surface area (Å²) < 4.78 is 5.01. The fourth-order valence-electron chi connectivity index (χ4n) is 3.08. The summed E-state index contributed by atoms with van der Waals surface area (Å²) in [4.78, 5) is 28.4. The van der Waals surface area contributed by atoms with Crippen LogP contribution in [-0.4, -0.2) is 52.9 Å². The van der Waals surface area contributed by atoms with Gasteiger partial charge in [0.1, 0.15) is 11.8 Å². The second-order valence-corrected chi connectivity index (χ2v) is 6.17. The molecule has 2 heterocycles. The number of nitrogens with one attached hydrogen (secondary N) is 1. The number of anilines is 1. The maximum absolute atomic E-state index is 12.9. The molecule has 1 aliphatic heterocycles. The van der Waals surface area contributed by atoms with E-state index in [4.69, 9.17) is 4.52 Å². The summed E-state index contributed by atoms with van der Waals surface area (Å²) >= 11 is 0. The highest BCUT2D eigenvalue weighted by Crippen LogP contribution is 2.24. The van der Waals surface area contributed by atoms with Crippen LogP contribution >= 0.6 is 0 Å². The van der Waals surface area contributed by atoms with Crippen LogP contribution in [0.3, 0.4) is 0 Å². The van der Waals surface area contributed by atoms with E-state index in [1.165, 1.54) is 0 Å². The monoisotopic (exact) mass is 342 g/mol. The average molecular weight is 342 g/mol. The molecule has 3 rings (SSSR count). The molecule has 0 saturated carbocycles. The first kappa shape index (κ1) is 17.2. The maximum atomic E-state index is 12.9. The Morgan fingerprint density at radius 3 is 2.40 bits per heavy atom. The second kappa shape index (κ2) is 7.48. The predicted octanol–water partition coefficient (Wildman–Crippen LogP) is 1.83. The van der Waals surface area contributed by atoms with Crippen molar-refractivity contribution in [3.8, 4) is 0 Å². The Labute approximate surface area is 146 Å². The fourth-order valence-corrected chi connectivity index (χ4v) is 3.08. The Kier molecular flexibility index (Phi) is 5.14. The van der Waals surface area contributed by atoms with Crippen LogP contribution in [0.15, 0.2) is 40.9 Å². The van der Waals surface area contributed by atoms with Crippen molar-refractivity contribution in [2.24, 2.45) is 0 Å². The van der Waals surface area contributed by atoms with E-state index in [1.54, 1.807) is 24.8 Å². The molecule has 2 aromatic rings. The highest BCUT2D eigenvalue weighted by molar-refractivity contribution is 5.94. The number of aromatic nitrogens is 1. The maximum Gasteiger partial charge on any atom is 0.247 e. The Hall–Kier alpha value is -2.67. The van der Waals surface area contributed by atoms with Gasteiger partial charge in [0.05, 0.1) is 0 Å². The number of nitrogens with zero attached hydrogens (tertiary/aromatic N) is 3. The number of rotatable bonds is 4. The lowest BCUT2D eigenvalue weighted by Crippen LogP contribution is -2.51. The van der Waals surface area contributed by atoms with Crippen molar-refractivity contribution >= 4 is 17.6 Å². The molecule has 2 amide bonds. The van der Waals surface area contributed by atoms with Gasteiger partial charge < -0.3 is 14.7 Å². The predicted molar refractivity (Wildman–Crippen MR) is 92.9 cm³/mol. The number of benzene rings is 1. The van der Waals surface area contributed by atoms with Gasteiger partial charge >= 0.3 is 0 Å². The Morgan fingerprint density at radius 1 is 1.16 bits per heavy atom. The smallest absolute Gasteiger partial charge is 0.247 e. The van der Waals surface area contributed by atoms with E-state index in [2.05, 4.69) is 15.4 Å². The lowest BCUT2D eigenvalue weighted by atomic mass is 10.0. The molecule has 0 bridgehead atoms. The zero-order valence-corrected chi connectivity index (χ0v) is 14.4. The van der Waals surface area contributed by atoms with Crippen molar-refractivity contribution in [2.45, 2.75) is 19.9 Å². The normalized spacial score (nSPS) is 16.5. The molecular weight excluding hydrogens is 320 g/mol. The van der Waals surface area contributed by atoms with Gasteiger partial charge in [-0.05, 0) is 12.5 Å². The Balaban J connectivity index is 1.78. The van der Waals surface area contributed by atoms with Gasteiger partial charge in [0, 0.05) is 39.2 Å². The van der Waals surface area contributed by atoms with Gasteiger partial charge in [-0.1, -0.05) is 35.5 Å². The van der Waals surface area contributed by atoms with E-state index in [0.29, 0.717) is 37.8 Å². The van der Waals surface area contributed by atoms with Gasteiger partial charge in [0.2, 0.25) is 11.8 Å². The number of hydrogen-bond donors (Lipinski definition) is 1. The van der Waals surface area contributed by atoms with Crippen molar-refractivity contribution in [1.82, 2.24) is 15.0 Å². The van der Waals surface area contributed by atoms with Crippen molar-refractivity contribution in [1.29, 1.82) is 0 Å². The molecule has 25 heavy (non-hydrogen) atoms. The first-order chi connectivity index (χ1) is 12.0. The largest absolute Gasteiger partial charge is 0.360 e. The minimum absolute atomic E-state index is 0.0680. The molecule has 1 atom stereocenters. The van der Waals surface area contributed by atoms with Crippen LogP contribution in [0.25, 0.3) is 0 Å². The van der Waals surface area contributed by atoms with Crippen molar-refractivity contribution in [2.75, 3.05) is 31.5 Å². The molecule has 7 nitrogen and oxygen atoms in total. The Bertz CT molecular complexity index is 736. The van der Waals surface area contributed by atoms with Crippen LogP contribution in [0.4, 0.5) is 5.82 Å². The molecule has 1 aromatic carbocycles. The van der Waals surface area contributed by atoms with E-state index >= 15 is 0 Å². The molecule has 0 radical (unpaired) electrons. The minimum atomic E-state index is -0.438. The standard InChI is InChI=1S/C18H22N4O3/c1-13-12-16(20-25-13)19-18(24)17(15-6-4-3-5-7-15)22-10-8-21(9-11-22)14(2)23/h3-7,12,17H,8-11H2,1-2H3,(H,19,20,24)/t17-/m0/s1. The first-order valence-electron chi connectivity index (χ1n) is 8.33. The molecule has 1 aromatic heterocycles. The third-order valence-corrected chi connectivity index (χ3v) is 4.37. The summed E-state index contributed by atoms with van der Waals surface area (Å²) in [5.74, 6) is 0.960. The van der Waals surface area contributed by atoms with Crippen LogP contribution in [0.5, 0.6) is 0 Å². The number of piperazine rings is 1. The number of carbonyl (C=O) groups is 2. The quantitative estimate of drug-likeness (QED) is 0.917. The molecule has 1 aliphatic rings. The summed E-state index contributed by atoms with van der Waals surface area (Å²) in [6.45, 7) is 5.88. The highest BCUT2D eigenvalue weighted by Gasteiger charge is 2.31. The van der Waals surface area contributed by atoms with Crippen LogP contribution in [0.1, 0.15) is 24.3 Å². The molecule has 132 valence electrons. The average Bonchev–Trinajstić information content (AvgIpc) is 3.01. The SMILES string of the molecule is CC(=O)N1CCN([C@H](C(=O)Nc2cc(C)on2)c2ccccc2)CC1. The van der Waals surface area contributed by atoms with Gasteiger partial charge in [-0.2, -0.15) is 0 Å². The van der Waals surface area contributed by atoms with Gasteiger partial charge in [-0.3, -0.25) is 14.5 Å². The van der Waals surface area contributed by atoms with Crippen LogP contribution < -0.4 is 5.32 Å². The van der Waals surface area contributed by atoms with E-state index in [0.717, 1.165) is 5.56 Å². The highest BCUT2D eigenvalue weighted by atomic mass is 16.5. The lowest BCUT2D eigenvalue weighted by molar-refractivity contribution is -0.131. The number of amides is 2. The summed E-state index contributed by atoms with van der Waals surface area (Å²) in [7, 11) is 0. The van der Waals surface area contributed by atoms with Crippen molar-refractivity contribution < 1.29 is 14.1 Å². The molecule has 1 fully saturated rings. The van der Waals surface area contributed by atoms with E-state index in [1.807, 2.05) is 30.3 Å². The zero-order valence-electron chi connectivity index (χ0n) is 14.4. The fraction of sp³-hybridized carbons (Fsp3) is 0.389. The van der Waals surface area contributed by atoms with E-state index in [-0.39, 0.29) is 11.8 Å². The minimum Gasteiger partial charge on any atom is -0.360 e. The van der Waals surface area contributed by atoms with Gasteiger partial charge in [-0.15, -0.1) is 0 Å². The van der Waals surface area contributed by atoms with Crippen molar-refractivity contribution in [3.05, 3.63) is 47.7 Å². The van der Waals surface area contributed by atoms with E-state index in [9.17, 15) is 9.59 Å². The number of carbonyl (C=O) groups excluding carboxylic acids is 2. The number of hydrogen-bond acceptors (Lipinski definition) is 5. The topological polar surface area (TPSA) is 78.7 Å². The molecule has 1 N–H and O–H groups in total. The van der Waals surface area contributed by atoms with Crippen LogP contribution in [0.2, 0.25) is 0 Å². The molecular formula is C18H22N4O3. The third kappa shape index (κ3) is 4.06. The number of aryl methyl sites for hydroxylation is 1. The summed E-state index contributed by atoms with van der Waals surface area (Å²) in [5.41, 5.74) is 0.913. The van der Waals surface area contributed by atoms with Gasteiger partial charge in [-0.25, -0.2) is 0 Å². The summed E-state index contributed by atoms with van der Waals surface area (Å²) in [5, 5.41) is 6.66. The molecule has 0 spiro atoms. The summed E-state index contributed by atoms with van der Waals surface area (Å²) in [6, 6.07) is 10.9. The van der Waals surface area contributed by atoms with Crippen molar-refractivity contribution in [3.63, 3.8) is 0 Å². The third-order valence-electron chi connectivity index (χ3n) is 4.37. The second-order valence-electron chi connectivity index (χ2n) is 6.17. The van der Waals surface area contributed by atoms with Crippen LogP contribution in [0, 0.1) is 6.92 Å². The Morgan fingerprint density at radius 2 is 1.84 bits per heavy atom. The molecule has 7 heteroatoms. The molecule has 1 saturated heterocycles. The van der Waals surface area contributed by atoms with Gasteiger partial charge in [0.25, 0.3) is 0 Å². The van der Waals surface area contributed by atoms with Gasteiger partial charge in [0.15, 0.2) is 5.82 Å². The van der Waals surface area contributed by atoms with E-state index < -0.39 is 6.04 Å². The van der Waals surface area contributed by atoms with Crippen LogP contribution in [-0.2, 0) is 9.59 Å². The first-order valence-corrected chi connectivity index (χ1v) is 8.33.